The first-order valence-corrected chi connectivity index (χ1v) is 6.32. The van der Waals surface area contributed by atoms with Crippen molar-refractivity contribution >= 4 is 16.5 Å². The Balaban J connectivity index is 2.19. The lowest BCUT2D eigenvalue weighted by Gasteiger charge is -2.21. The number of nitrogen functional groups attached to an aromatic ring is 1. The van der Waals surface area contributed by atoms with E-state index in [0.29, 0.717) is 5.13 Å². The standard InChI is InChI=1S/C13H16N2OS/c1-13(2,3)16-10-6-4-9(5-7-10)11-8-17-12(14)15-11/h4-8H,1-3H3,(H2,14,15). The number of hydrogen-bond acceptors (Lipinski definition) is 4. The Bertz CT molecular complexity index is 497. The van der Waals surface area contributed by atoms with Gasteiger partial charge in [-0.25, -0.2) is 4.98 Å². The van der Waals surface area contributed by atoms with E-state index in [-0.39, 0.29) is 5.60 Å². The van der Waals surface area contributed by atoms with E-state index in [9.17, 15) is 0 Å². The number of anilines is 1. The summed E-state index contributed by atoms with van der Waals surface area (Å²) in [6.07, 6.45) is 0. The summed E-state index contributed by atoms with van der Waals surface area (Å²) < 4.78 is 5.76. The zero-order valence-corrected chi connectivity index (χ0v) is 11.0. The molecule has 0 aliphatic rings. The zero-order valence-electron chi connectivity index (χ0n) is 10.2. The van der Waals surface area contributed by atoms with Gasteiger partial charge in [0.15, 0.2) is 5.13 Å². The molecular weight excluding hydrogens is 232 g/mol. The molecule has 0 aliphatic carbocycles. The highest BCUT2D eigenvalue weighted by Crippen LogP contribution is 2.26. The number of hydrogen-bond donors (Lipinski definition) is 1. The Hall–Kier alpha value is -1.55. The molecule has 0 aliphatic heterocycles. The van der Waals surface area contributed by atoms with Gasteiger partial charge < -0.3 is 10.5 Å². The maximum atomic E-state index is 5.76. The molecule has 1 aromatic heterocycles. The van der Waals surface area contributed by atoms with Gasteiger partial charge in [-0.3, -0.25) is 0 Å². The zero-order chi connectivity index (χ0) is 12.5. The van der Waals surface area contributed by atoms with Crippen LogP contribution in [-0.4, -0.2) is 10.6 Å². The Morgan fingerprint density at radius 1 is 1.18 bits per heavy atom. The summed E-state index contributed by atoms with van der Waals surface area (Å²) in [5.41, 5.74) is 7.40. The Morgan fingerprint density at radius 2 is 1.82 bits per heavy atom. The van der Waals surface area contributed by atoms with Gasteiger partial charge in [-0.2, -0.15) is 0 Å². The second-order valence-electron chi connectivity index (χ2n) is 4.81. The second-order valence-corrected chi connectivity index (χ2v) is 5.70. The van der Waals surface area contributed by atoms with Gasteiger partial charge in [0.2, 0.25) is 0 Å². The Labute approximate surface area is 105 Å². The number of thiazole rings is 1. The van der Waals surface area contributed by atoms with Crippen LogP contribution in [0, 0.1) is 0 Å². The molecule has 90 valence electrons. The molecule has 1 heterocycles. The predicted molar refractivity (Wildman–Crippen MR) is 72.3 cm³/mol. The van der Waals surface area contributed by atoms with Crippen LogP contribution in [0.2, 0.25) is 0 Å². The molecule has 0 saturated heterocycles. The molecule has 2 rings (SSSR count). The summed E-state index contributed by atoms with van der Waals surface area (Å²) in [4.78, 5) is 4.24. The number of rotatable bonds is 2. The van der Waals surface area contributed by atoms with Crippen LogP contribution < -0.4 is 10.5 Å². The van der Waals surface area contributed by atoms with E-state index in [1.165, 1.54) is 11.3 Å². The third kappa shape index (κ3) is 3.20. The van der Waals surface area contributed by atoms with Crippen LogP contribution in [0.15, 0.2) is 29.6 Å². The highest BCUT2D eigenvalue weighted by atomic mass is 32.1. The number of aromatic nitrogens is 1. The molecule has 0 saturated carbocycles. The molecular formula is C13H16N2OS. The Kier molecular flexibility index (Phi) is 3.07. The third-order valence-electron chi connectivity index (χ3n) is 2.10. The number of nitrogens with zero attached hydrogens (tertiary/aromatic N) is 1. The minimum atomic E-state index is -0.174. The normalized spacial score (nSPS) is 11.5. The van der Waals surface area contributed by atoms with Gasteiger partial charge in [-0.05, 0) is 45.0 Å². The van der Waals surface area contributed by atoms with Crippen molar-refractivity contribution < 1.29 is 4.74 Å². The van der Waals surface area contributed by atoms with Crippen LogP contribution in [0.1, 0.15) is 20.8 Å². The van der Waals surface area contributed by atoms with Gasteiger partial charge in [0, 0.05) is 10.9 Å². The van der Waals surface area contributed by atoms with Crippen molar-refractivity contribution in [2.24, 2.45) is 0 Å². The van der Waals surface area contributed by atoms with Crippen molar-refractivity contribution in [3.05, 3.63) is 29.6 Å². The first kappa shape index (κ1) is 11.9. The molecule has 0 spiro atoms. The van der Waals surface area contributed by atoms with Crippen molar-refractivity contribution in [2.75, 3.05) is 5.73 Å². The molecule has 17 heavy (non-hydrogen) atoms. The second kappa shape index (κ2) is 4.37. The topological polar surface area (TPSA) is 48.1 Å². The summed E-state index contributed by atoms with van der Waals surface area (Å²) in [5, 5.41) is 2.55. The minimum absolute atomic E-state index is 0.174. The van der Waals surface area contributed by atoms with Gasteiger partial charge in [0.1, 0.15) is 11.4 Å². The van der Waals surface area contributed by atoms with E-state index in [4.69, 9.17) is 10.5 Å². The SMILES string of the molecule is CC(C)(C)Oc1ccc(-c2csc(N)n2)cc1. The predicted octanol–water partition coefficient (Wildman–Crippen LogP) is 3.57. The summed E-state index contributed by atoms with van der Waals surface area (Å²) in [6, 6.07) is 7.90. The number of nitrogens with two attached hydrogens (primary N) is 1. The minimum Gasteiger partial charge on any atom is -0.488 e. The van der Waals surface area contributed by atoms with E-state index in [0.717, 1.165) is 17.0 Å². The fraction of sp³-hybridized carbons (Fsp3) is 0.308. The number of benzene rings is 1. The average molecular weight is 248 g/mol. The van der Waals surface area contributed by atoms with E-state index < -0.39 is 0 Å². The fourth-order valence-corrected chi connectivity index (χ4v) is 2.04. The molecule has 0 atom stereocenters. The van der Waals surface area contributed by atoms with E-state index in [1.54, 1.807) is 0 Å². The van der Waals surface area contributed by atoms with Gasteiger partial charge >= 0.3 is 0 Å². The summed E-state index contributed by atoms with van der Waals surface area (Å²) >= 11 is 1.45. The molecule has 1 aromatic carbocycles. The first-order valence-electron chi connectivity index (χ1n) is 5.44. The molecule has 3 nitrogen and oxygen atoms in total. The molecule has 2 N–H and O–H groups in total. The van der Waals surface area contributed by atoms with E-state index in [1.807, 2.05) is 50.4 Å². The highest BCUT2D eigenvalue weighted by molar-refractivity contribution is 7.13. The van der Waals surface area contributed by atoms with Crippen molar-refractivity contribution in [1.29, 1.82) is 0 Å². The molecule has 0 radical (unpaired) electrons. The molecule has 4 heteroatoms. The lowest BCUT2D eigenvalue weighted by atomic mass is 10.1. The van der Waals surface area contributed by atoms with Crippen LogP contribution in [0.4, 0.5) is 5.13 Å². The first-order chi connectivity index (χ1) is 7.94. The van der Waals surface area contributed by atoms with Gasteiger partial charge in [0.25, 0.3) is 0 Å². The fourth-order valence-electron chi connectivity index (χ4n) is 1.47. The van der Waals surface area contributed by atoms with E-state index >= 15 is 0 Å². The van der Waals surface area contributed by atoms with Crippen molar-refractivity contribution in [3.8, 4) is 17.0 Å². The van der Waals surface area contributed by atoms with Crippen molar-refractivity contribution in [2.45, 2.75) is 26.4 Å². The quantitative estimate of drug-likeness (QED) is 0.883. The monoisotopic (exact) mass is 248 g/mol. The van der Waals surface area contributed by atoms with Crippen LogP contribution in [0.3, 0.4) is 0 Å². The maximum absolute atomic E-state index is 5.76. The van der Waals surface area contributed by atoms with Crippen molar-refractivity contribution in [1.82, 2.24) is 4.98 Å². The van der Waals surface area contributed by atoms with Crippen molar-refractivity contribution in [3.63, 3.8) is 0 Å². The average Bonchev–Trinajstić information content (AvgIpc) is 2.63. The third-order valence-corrected chi connectivity index (χ3v) is 2.77. The lowest BCUT2D eigenvalue weighted by molar-refractivity contribution is 0.131. The van der Waals surface area contributed by atoms with Gasteiger partial charge in [-0.1, -0.05) is 0 Å². The molecule has 0 fully saturated rings. The van der Waals surface area contributed by atoms with Gasteiger partial charge in [0.05, 0.1) is 5.69 Å². The van der Waals surface area contributed by atoms with Crippen LogP contribution in [0.25, 0.3) is 11.3 Å². The summed E-state index contributed by atoms with van der Waals surface area (Å²) in [5.74, 6) is 0.865. The molecule has 2 aromatic rings. The van der Waals surface area contributed by atoms with Crippen LogP contribution in [0.5, 0.6) is 5.75 Å². The number of ether oxygens (including phenoxy) is 1. The molecule has 0 bridgehead atoms. The highest BCUT2D eigenvalue weighted by Gasteiger charge is 2.11. The summed E-state index contributed by atoms with van der Waals surface area (Å²) in [6.45, 7) is 6.09. The Morgan fingerprint density at radius 3 is 2.29 bits per heavy atom. The van der Waals surface area contributed by atoms with Crippen LogP contribution in [-0.2, 0) is 0 Å². The molecule has 0 unspecified atom stereocenters. The van der Waals surface area contributed by atoms with E-state index in [2.05, 4.69) is 4.98 Å². The maximum Gasteiger partial charge on any atom is 0.180 e. The smallest absolute Gasteiger partial charge is 0.180 e. The molecule has 0 amide bonds. The van der Waals surface area contributed by atoms with Crippen LogP contribution >= 0.6 is 11.3 Å². The van der Waals surface area contributed by atoms with Gasteiger partial charge in [-0.15, -0.1) is 11.3 Å². The largest absolute Gasteiger partial charge is 0.488 e. The lowest BCUT2D eigenvalue weighted by Crippen LogP contribution is -2.22. The summed E-state index contributed by atoms with van der Waals surface area (Å²) in [7, 11) is 0.